The third kappa shape index (κ3) is 1.62. The second-order valence-electron chi connectivity index (χ2n) is 4.48. The minimum Gasteiger partial charge on any atom is -0.399 e. The number of rotatable bonds is 1. The quantitative estimate of drug-likeness (QED) is 0.663. The van der Waals surface area contributed by atoms with Gasteiger partial charge in [-0.2, -0.15) is 0 Å². The Morgan fingerprint density at radius 3 is 1.94 bits per heavy atom. The van der Waals surface area contributed by atoms with E-state index in [0.717, 1.165) is 33.5 Å². The Labute approximate surface area is 105 Å². The topological polar surface area (TPSA) is 56.7 Å². The van der Waals surface area contributed by atoms with Crippen LogP contribution in [0, 0.1) is 13.8 Å². The number of anilines is 1. The molecule has 18 heavy (non-hydrogen) atoms. The lowest BCUT2D eigenvalue weighted by molar-refractivity contribution is 0.755. The highest BCUT2D eigenvalue weighted by Gasteiger charge is 2.10. The molecule has 0 fully saturated rings. The Balaban J connectivity index is 2.26. The zero-order valence-corrected chi connectivity index (χ0v) is 10.4. The number of hydrogen-bond acceptors (Lipinski definition) is 3. The summed E-state index contributed by atoms with van der Waals surface area (Å²) < 4.78 is 0. The molecule has 1 heterocycles. The van der Waals surface area contributed by atoms with Crippen LogP contribution >= 0.6 is 0 Å². The number of aromatic nitrogens is 3. The highest BCUT2D eigenvalue weighted by molar-refractivity contribution is 5.73. The van der Waals surface area contributed by atoms with Gasteiger partial charge in [0.25, 0.3) is 0 Å². The number of nitrogens with two attached hydrogens (primary N) is 1. The van der Waals surface area contributed by atoms with E-state index in [2.05, 4.69) is 10.2 Å². The summed E-state index contributed by atoms with van der Waals surface area (Å²) in [6, 6.07) is 11.7. The van der Waals surface area contributed by atoms with Crippen LogP contribution < -0.4 is 5.73 Å². The van der Waals surface area contributed by atoms with E-state index in [-0.39, 0.29) is 0 Å². The standard InChI is InChI=1S/C14H14N4/c1-9-7-11(15)8-10(2)14(9)18-16-12-5-3-4-6-13(12)17-18/h3-8H,15H2,1-2H3. The molecule has 0 unspecified atom stereocenters. The predicted octanol–water partition coefficient (Wildman–Crippen LogP) is 2.62. The van der Waals surface area contributed by atoms with E-state index in [0.29, 0.717) is 0 Å². The molecule has 0 aliphatic carbocycles. The van der Waals surface area contributed by atoms with Gasteiger partial charge in [0.2, 0.25) is 0 Å². The summed E-state index contributed by atoms with van der Waals surface area (Å²) in [7, 11) is 0. The van der Waals surface area contributed by atoms with E-state index in [1.165, 1.54) is 0 Å². The van der Waals surface area contributed by atoms with Crippen molar-refractivity contribution in [2.45, 2.75) is 13.8 Å². The first kappa shape index (κ1) is 10.8. The van der Waals surface area contributed by atoms with Gasteiger partial charge in [-0.15, -0.1) is 15.0 Å². The molecule has 2 N–H and O–H groups in total. The van der Waals surface area contributed by atoms with Crippen molar-refractivity contribution in [2.24, 2.45) is 0 Å². The van der Waals surface area contributed by atoms with Crippen LogP contribution in [0.1, 0.15) is 11.1 Å². The molecule has 0 aliphatic rings. The minimum absolute atomic E-state index is 0.769. The third-order valence-electron chi connectivity index (χ3n) is 3.00. The van der Waals surface area contributed by atoms with Gasteiger partial charge in [-0.05, 0) is 49.2 Å². The molecule has 90 valence electrons. The molecule has 3 rings (SSSR count). The molecule has 0 saturated carbocycles. The lowest BCUT2D eigenvalue weighted by Gasteiger charge is -2.09. The first-order valence-corrected chi connectivity index (χ1v) is 5.84. The largest absolute Gasteiger partial charge is 0.399 e. The molecule has 3 aromatic rings. The van der Waals surface area contributed by atoms with E-state index in [1.54, 1.807) is 4.80 Å². The fourth-order valence-electron chi connectivity index (χ4n) is 2.26. The smallest absolute Gasteiger partial charge is 0.113 e. The van der Waals surface area contributed by atoms with Gasteiger partial charge >= 0.3 is 0 Å². The van der Waals surface area contributed by atoms with Crippen molar-refractivity contribution in [3.05, 3.63) is 47.5 Å². The van der Waals surface area contributed by atoms with Gasteiger partial charge < -0.3 is 5.73 Å². The van der Waals surface area contributed by atoms with Crippen LogP contribution in [0.2, 0.25) is 0 Å². The van der Waals surface area contributed by atoms with Crippen LogP contribution in [-0.4, -0.2) is 15.0 Å². The van der Waals surface area contributed by atoms with Crippen molar-refractivity contribution in [1.29, 1.82) is 0 Å². The zero-order chi connectivity index (χ0) is 12.7. The molecule has 0 aliphatic heterocycles. The second kappa shape index (κ2) is 3.84. The van der Waals surface area contributed by atoms with Crippen LogP contribution in [0.25, 0.3) is 16.7 Å². The normalized spacial score (nSPS) is 11.0. The minimum atomic E-state index is 0.769. The number of benzene rings is 2. The van der Waals surface area contributed by atoms with Gasteiger partial charge in [0.15, 0.2) is 0 Å². The summed E-state index contributed by atoms with van der Waals surface area (Å²) in [5.41, 5.74) is 11.5. The van der Waals surface area contributed by atoms with Gasteiger partial charge in [0.1, 0.15) is 11.0 Å². The van der Waals surface area contributed by atoms with Crippen molar-refractivity contribution in [3.63, 3.8) is 0 Å². The van der Waals surface area contributed by atoms with Crippen molar-refractivity contribution in [3.8, 4) is 5.69 Å². The van der Waals surface area contributed by atoms with E-state index < -0.39 is 0 Å². The molecule has 4 nitrogen and oxygen atoms in total. The monoisotopic (exact) mass is 238 g/mol. The highest BCUT2D eigenvalue weighted by Crippen LogP contribution is 2.22. The molecule has 0 saturated heterocycles. The van der Waals surface area contributed by atoms with Crippen molar-refractivity contribution in [2.75, 3.05) is 5.73 Å². The summed E-state index contributed by atoms with van der Waals surface area (Å²) in [6.07, 6.45) is 0. The molecule has 0 amide bonds. The first-order chi connectivity index (χ1) is 8.65. The Morgan fingerprint density at radius 1 is 0.944 bits per heavy atom. The Kier molecular flexibility index (Phi) is 2.30. The number of nitrogens with zero attached hydrogens (tertiary/aromatic N) is 3. The van der Waals surface area contributed by atoms with Crippen molar-refractivity contribution < 1.29 is 0 Å². The second-order valence-corrected chi connectivity index (χ2v) is 4.48. The average Bonchev–Trinajstić information content (AvgIpc) is 2.70. The van der Waals surface area contributed by atoms with Gasteiger partial charge in [-0.25, -0.2) is 0 Å². The van der Waals surface area contributed by atoms with Crippen LogP contribution in [0.4, 0.5) is 5.69 Å². The molecule has 2 aromatic carbocycles. The lowest BCUT2D eigenvalue weighted by Crippen LogP contribution is -2.04. The van der Waals surface area contributed by atoms with Gasteiger partial charge in [0.05, 0.1) is 5.69 Å². The van der Waals surface area contributed by atoms with Crippen LogP contribution in [-0.2, 0) is 0 Å². The molecular formula is C14H14N4. The maximum Gasteiger partial charge on any atom is 0.113 e. The van der Waals surface area contributed by atoms with Gasteiger partial charge in [-0.1, -0.05) is 12.1 Å². The Bertz CT molecular complexity index is 671. The maximum absolute atomic E-state index is 5.83. The van der Waals surface area contributed by atoms with Gasteiger partial charge in [-0.3, -0.25) is 0 Å². The number of fused-ring (bicyclic) bond motifs is 1. The maximum atomic E-state index is 5.83. The summed E-state index contributed by atoms with van der Waals surface area (Å²) in [4.78, 5) is 1.69. The number of aryl methyl sites for hydroxylation is 2. The zero-order valence-electron chi connectivity index (χ0n) is 10.4. The van der Waals surface area contributed by atoms with Crippen LogP contribution in [0.15, 0.2) is 36.4 Å². The highest BCUT2D eigenvalue weighted by atomic mass is 15.5. The fourth-order valence-corrected chi connectivity index (χ4v) is 2.26. The SMILES string of the molecule is Cc1cc(N)cc(C)c1-n1nc2ccccc2n1. The van der Waals surface area contributed by atoms with E-state index in [4.69, 9.17) is 5.73 Å². The summed E-state index contributed by atoms with van der Waals surface area (Å²) in [5, 5.41) is 9.00. The van der Waals surface area contributed by atoms with Crippen LogP contribution in [0.3, 0.4) is 0 Å². The Morgan fingerprint density at radius 2 is 1.44 bits per heavy atom. The average molecular weight is 238 g/mol. The summed E-state index contributed by atoms with van der Waals surface area (Å²) in [5.74, 6) is 0. The molecule has 0 atom stereocenters. The Hall–Kier alpha value is -2.36. The van der Waals surface area contributed by atoms with E-state index in [9.17, 15) is 0 Å². The van der Waals surface area contributed by atoms with Crippen LogP contribution in [0.5, 0.6) is 0 Å². The first-order valence-electron chi connectivity index (χ1n) is 5.84. The van der Waals surface area contributed by atoms with Crippen molar-refractivity contribution in [1.82, 2.24) is 15.0 Å². The fraction of sp³-hybridized carbons (Fsp3) is 0.143. The lowest BCUT2D eigenvalue weighted by atomic mass is 10.1. The van der Waals surface area contributed by atoms with Crippen molar-refractivity contribution >= 4 is 16.7 Å². The molecule has 0 bridgehead atoms. The third-order valence-corrected chi connectivity index (χ3v) is 3.00. The van der Waals surface area contributed by atoms with E-state index >= 15 is 0 Å². The summed E-state index contributed by atoms with van der Waals surface area (Å²) >= 11 is 0. The molecule has 4 heteroatoms. The molecule has 0 radical (unpaired) electrons. The molecule has 1 aromatic heterocycles. The number of hydrogen-bond donors (Lipinski definition) is 1. The number of nitrogen functional groups attached to an aromatic ring is 1. The summed E-state index contributed by atoms with van der Waals surface area (Å²) in [6.45, 7) is 4.04. The van der Waals surface area contributed by atoms with E-state index in [1.807, 2.05) is 50.2 Å². The molecule has 0 spiro atoms. The molecular weight excluding hydrogens is 224 g/mol. The predicted molar refractivity (Wildman–Crippen MR) is 72.8 cm³/mol. The van der Waals surface area contributed by atoms with Gasteiger partial charge in [0, 0.05) is 5.69 Å².